The Bertz CT molecular complexity index is 578. The number of nitrogens with one attached hydrogen (secondary N) is 2. The summed E-state index contributed by atoms with van der Waals surface area (Å²) in [5.41, 5.74) is 1.31. The number of nitrogens with zero attached hydrogens (tertiary/aromatic N) is 2. The molecule has 0 unspecified atom stereocenters. The number of urea groups is 1. The van der Waals surface area contributed by atoms with Gasteiger partial charge in [0.05, 0.1) is 5.60 Å². The fourth-order valence-corrected chi connectivity index (χ4v) is 3.61. The van der Waals surface area contributed by atoms with Gasteiger partial charge in [0.15, 0.2) is 0 Å². The molecular formula is C18H28N4O2. The van der Waals surface area contributed by atoms with Gasteiger partial charge >= 0.3 is 6.03 Å². The second-order valence-corrected chi connectivity index (χ2v) is 7.10. The highest BCUT2D eigenvalue weighted by atomic mass is 16.3. The fraction of sp³-hybridized carbons (Fsp3) is 0.667. The van der Waals surface area contributed by atoms with E-state index in [1.807, 2.05) is 19.1 Å². The van der Waals surface area contributed by atoms with E-state index in [0.29, 0.717) is 13.1 Å². The Morgan fingerprint density at radius 1 is 1.21 bits per heavy atom. The van der Waals surface area contributed by atoms with Crippen molar-refractivity contribution < 1.29 is 9.90 Å². The average molecular weight is 332 g/mol. The van der Waals surface area contributed by atoms with Crippen molar-refractivity contribution in [3.8, 4) is 0 Å². The molecule has 2 fully saturated rings. The molecule has 1 aromatic rings. The van der Waals surface area contributed by atoms with E-state index in [1.54, 1.807) is 0 Å². The highest BCUT2D eigenvalue weighted by Gasteiger charge is 2.31. The number of aryl methyl sites for hydroxylation is 1. The first-order valence-electron chi connectivity index (χ1n) is 9.01. The second kappa shape index (κ2) is 7.38. The number of aromatic nitrogens is 1. The molecule has 1 aliphatic heterocycles. The Kier molecular flexibility index (Phi) is 5.23. The van der Waals surface area contributed by atoms with Gasteiger partial charge in [-0.15, -0.1) is 0 Å². The predicted octanol–water partition coefficient (Wildman–Crippen LogP) is 2.09. The van der Waals surface area contributed by atoms with Gasteiger partial charge in [-0.1, -0.05) is 18.9 Å². The average Bonchev–Trinajstić information content (AvgIpc) is 3.24. The zero-order valence-corrected chi connectivity index (χ0v) is 14.5. The molecule has 1 saturated carbocycles. The summed E-state index contributed by atoms with van der Waals surface area (Å²) in [6.45, 7) is 4.82. The molecule has 24 heavy (non-hydrogen) atoms. The highest BCUT2D eigenvalue weighted by molar-refractivity contribution is 5.74. The van der Waals surface area contributed by atoms with E-state index < -0.39 is 5.60 Å². The van der Waals surface area contributed by atoms with Gasteiger partial charge in [-0.3, -0.25) is 0 Å². The van der Waals surface area contributed by atoms with Gasteiger partial charge < -0.3 is 20.6 Å². The van der Waals surface area contributed by atoms with Gasteiger partial charge in [-0.05, 0) is 38.7 Å². The zero-order valence-electron chi connectivity index (χ0n) is 14.5. The predicted molar refractivity (Wildman–Crippen MR) is 94.1 cm³/mol. The molecule has 6 heteroatoms. The minimum absolute atomic E-state index is 0.233. The van der Waals surface area contributed by atoms with E-state index in [0.717, 1.165) is 55.8 Å². The molecule has 1 saturated heterocycles. The Labute approximate surface area is 143 Å². The first kappa shape index (κ1) is 17.0. The fourth-order valence-electron chi connectivity index (χ4n) is 3.61. The lowest BCUT2D eigenvalue weighted by Gasteiger charge is -2.23. The standard InChI is InChI=1S/C18H28N4O2/c1-14-6-7-15(16(21-14)22-10-4-5-11-22)12-19-17(23)20-13-18(24)8-2-3-9-18/h6-7,24H,2-5,8-13H2,1H3,(H2,19,20,23). The number of hydrogen-bond donors (Lipinski definition) is 3. The summed E-state index contributed by atoms with van der Waals surface area (Å²) in [4.78, 5) is 19.0. The van der Waals surface area contributed by atoms with Crippen molar-refractivity contribution >= 4 is 11.8 Å². The van der Waals surface area contributed by atoms with Crippen LogP contribution in [0.25, 0.3) is 0 Å². The van der Waals surface area contributed by atoms with Crippen molar-refractivity contribution in [1.82, 2.24) is 15.6 Å². The van der Waals surface area contributed by atoms with Crippen molar-refractivity contribution in [3.63, 3.8) is 0 Å². The van der Waals surface area contributed by atoms with Crippen LogP contribution in [0.4, 0.5) is 10.6 Å². The Morgan fingerprint density at radius 2 is 1.92 bits per heavy atom. The Hall–Kier alpha value is -1.82. The number of aliphatic hydroxyl groups is 1. The van der Waals surface area contributed by atoms with Gasteiger partial charge in [-0.2, -0.15) is 0 Å². The third kappa shape index (κ3) is 4.17. The third-order valence-corrected chi connectivity index (χ3v) is 5.05. The Morgan fingerprint density at radius 3 is 2.62 bits per heavy atom. The summed E-state index contributed by atoms with van der Waals surface area (Å²) in [5.74, 6) is 0.988. The van der Waals surface area contributed by atoms with Crippen LogP contribution in [0.5, 0.6) is 0 Å². The molecule has 0 bridgehead atoms. The van der Waals surface area contributed by atoms with Crippen LogP contribution >= 0.6 is 0 Å². The maximum atomic E-state index is 12.0. The molecule has 2 aliphatic rings. The molecule has 1 aromatic heterocycles. The van der Waals surface area contributed by atoms with Crippen molar-refractivity contribution in [2.75, 3.05) is 24.5 Å². The van der Waals surface area contributed by atoms with Crippen LogP contribution in [-0.4, -0.2) is 41.4 Å². The van der Waals surface area contributed by atoms with E-state index in [4.69, 9.17) is 0 Å². The second-order valence-electron chi connectivity index (χ2n) is 7.10. The largest absolute Gasteiger partial charge is 0.388 e. The first-order chi connectivity index (χ1) is 11.6. The van der Waals surface area contributed by atoms with Crippen LogP contribution in [0.1, 0.15) is 49.8 Å². The van der Waals surface area contributed by atoms with Crippen LogP contribution in [0.15, 0.2) is 12.1 Å². The van der Waals surface area contributed by atoms with Gasteiger partial charge in [0.1, 0.15) is 5.82 Å². The summed E-state index contributed by atoms with van der Waals surface area (Å²) >= 11 is 0. The van der Waals surface area contributed by atoms with Gasteiger partial charge in [-0.25, -0.2) is 9.78 Å². The number of amides is 2. The SMILES string of the molecule is Cc1ccc(CNC(=O)NCC2(O)CCCC2)c(N2CCCC2)n1. The minimum Gasteiger partial charge on any atom is -0.388 e. The van der Waals surface area contributed by atoms with E-state index in [2.05, 4.69) is 20.5 Å². The molecule has 2 amide bonds. The number of anilines is 1. The number of pyridine rings is 1. The van der Waals surface area contributed by atoms with Crippen LogP contribution in [0, 0.1) is 6.92 Å². The van der Waals surface area contributed by atoms with E-state index in [-0.39, 0.29) is 6.03 Å². The topological polar surface area (TPSA) is 77.5 Å². The molecule has 3 N–H and O–H groups in total. The monoisotopic (exact) mass is 332 g/mol. The molecule has 0 spiro atoms. The van der Waals surface area contributed by atoms with Crippen molar-refractivity contribution in [2.24, 2.45) is 0 Å². The quantitative estimate of drug-likeness (QED) is 0.772. The number of rotatable bonds is 5. The Balaban J connectivity index is 1.55. The van der Waals surface area contributed by atoms with Crippen LogP contribution in [-0.2, 0) is 6.54 Å². The first-order valence-corrected chi connectivity index (χ1v) is 9.01. The van der Waals surface area contributed by atoms with Gasteiger partial charge in [0.25, 0.3) is 0 Å². The summed E-state index contributed by atoms with van der Waals surface area (Å²) in [5, 5.41) is 16.0. The molecular weight excluding hydrogens is 304 g/mol. The van der Waals surface area contributed by atoms with Crippen molar-refractivity contribution in [2.45, 2.75) is 57.6 Å². The smallest absolute Gasteiger partial charge is 0.315 e. The molecule has 1 aliphatic carbocycles. The lowest BCUT2D eigenvalue weighted by molar-refractivity contribution is 0.0501. The van der Waals surface area contributed by atoms with E-state index in [1.165, 1.54) is 12.8 Å². The van der Waals surface area contributed by atoms with Gasteiger partial charge in [0, 0.05) is 37.4 Å². The van der Waals surface area contributed by atoms with E-state index >= 15 is 0 Å². The molecule has 0 atom stereocenters. The van der Waals surface area contributed by atoms with Crippen molar-refractivity contribution in [1.29, 1.82) is 0 Å². The summed E-state index contributed by atoms with van der Waals surface area (Å²) < 4.78 is 0. The minimum atomic E-state index is -0.719. The van der Waals surface area contributed by atoms with Crippen molar-refractivity contribution in [3.05, 3.63) is 23.4 Å². The lowest BCUT2D eigenvalue weighted by atomic mass is 10.0. The van der Waals surface area contributed by atoms with Gasteiger partial charge in [0.2, 0.25) is 0 Å². The normalized spacial score (nSPS) is 19.5. The highest BCUT2D eigenvalue weighted by Crippen LogP contribution is 2.28. The lowest BCUT2D eigenvalue weighted by Crippen LogP contribution is -2.44. The molecule has 3 rings (SSSR count). The summed E-state index contributed by atoms with van der Waals surface area (Å²) in [6, 6.07) is 3.79. The molecule has 6 nitrogen and oxygen atoms in total. The number of carbonyl (C=O) groups is 1. The van der Waals surface area contributed by atoms with E-state index in [9.17, 15) is 9.90 Å². The zero-order chi connectivity index (χ0) is 17.0. The molecule has 132 valence electrons. The summed E-state index contributed by atoms with van der Waals surface area (Å²) in [7, 11) is 0. The molecule has 2 heterocycles. The maximum absolute atomic E-state index is 12.0. The number of hydrogen-bond acceptors (Lipinski definition) is 4. The van der Waals surface area contributed by atoms with Crippen LogP contribution < -0.4 is 15.5 Å². The molecule has 0 radical (unpaired) electrons. The maximum Gasteiger partial charge on any atom is 0.315 e. The van der Waals surface area contributed by atoms with Crippen LogP contribution in [0.2, 0.25) is 0 Å². The van der Waals surface area contributed by atoms with Crippen LogP contribution in [0.3, 0.4) is 0 Å². The summed E-state index contributed by atoms with van der Waals surface area (Å²) in [6.07, 6.45) is 6.01. The third-order valence-electron chi connectivity index (χ3n) is 5.05. The molecule has 0 aromatic carbocycles. The number of carbonyl (C=O) groups excluding carboxylic acids is 1.